The Hall–Kier alpha value is -2.81. The van der Waals surface area contributed by atoms with E-state index in [4.69, 9.17) is 13.8 Å². The number of hydrogen-bond acceptors (Lipinski definition) is 7. The van der Waals surface area contributed by atoms with Crippen molar-refractivity contribution in [2.75, 3.05) is 40.9 Å². The van der Waals surface area contributed by atoms with Crippen molar-refractivity contribution in [3.63, 3.8) is 0 Å². The number of likely N-dealkylation sites (N-methyl/N-ethyl adjacent to an activating group) is 1. The fourth-order valence-corrected chi connectivity index (χ4v) is 9.09. The van der Waals surface area contributed by atoms with Gasteiger partial charge in [-0.3, -0.25) is 14.2 Å². The van der Waals surface area contributed by atoms with E-state index in [1.54, 1.807) is 0 Å². The van der Waals surface area contributed by atoms with Crippen LogP contribution in [0.4, 0.5) is 0 Å². The maximum atomic E-state index is 13.5. The highest BCUT2D eigenvalue weighted by Crippen LogP contribution is 2.38. The molecule has 0 radical (unpaired) electrons. The Labute approximate surface area is 456 Å². The molecule has 1 amide bonds. The van der Waals surface area contributed by atoms with Crippen molar-refractivity contribution < 1.29 is 37.3 Å². The van der Waals surface area contributed by atoms with Crippen LogP contribution in [0.25, 0.3) is 0 Å². The summed E-state index contributed by atoms with van der Waals surface area (Å²) in [7, 11) is 1.16. The molecule has 0 aliphatic rings. The van der Waals surface area contributed by atoms with Gasteiger partial charge in [-0.2, -0.15) is 0 Å². The summed E-state index contributed by atoms with van der Waals surface area (Å²) in [4.78, 5) is 39.9. The van der Waals surface area contributed by atoms with Gasteiger partial charge in [-0.05, 0) is 102 Å². The van der Waals surface area contributed by atoms with Gasteiger partial charge < -0.3 is 28.5 Å². The number of nitrogens with zero attached hydrogens (tertiary/aromatic N) is 1. The topological polar surface area (TPSA) is 114 Å². The van der Waals surface area contributed by atoms with Crippen LogP contribution < -0.4 is 10.2 Å². The van der Waals surface area contributed by atoms with Gasteiger partial charge in [-0.1, -0.05) is 228 Å². The second kappa shape index (κ2) is 53.6. The molecule has 0 fully saturated rings. The zero-order valence-electron chi connectivity index (χ0n) is 48.8. The maximum Gasteiger partial charge on any atom is 0.306 e. The SMILES string of the molecule is CC/C=C/C/C=C/C/C=C/CCCCCCC(=O)NC(COP(=O)([O-])OCC[N+](C)(C)C)C(/C=C\CCCCCCCCCCC)OC(=O)CCCCCCCCCCCC/C=C\C/C=C\C/C=C\CCCCC. The van der Waals surface area contributed by atoms with E-state index in [2.05, 4.69) is 99.0 Å². The Morgan fingerprint density at radius 2 is 0.865 bits per heavy atom. The van der Waals surface area contributed by atoms with E-state index in [0.29, 0.717) is 17.4 Å². The average molecular weight is 1060 g/mol. The first-order chi connectivity index (χ1) is 35.9. The molecule has 0 saturated carbocycles. The Bertz CT molecular complexity index is 1540. The standard InChI is InChI=1S/C64H115N2O7P/c1-7-10-13-16-19-22-25-27-29-30-31-32-33-34-35-36-37-39-42-45-48-51-54-57-64(68)73-62(55-52-49-46-43-40-24-21-18-15-12-9-3)61(60-72-74(69,70)71-59-58-66(4,5)6)65-63(67)56-53-50-47-44-41-38-28-26-23-20-17-14-11-8-2/h11,14,19-20,22-23,27-29,31-32,38,52,55,61-62H,7-10,12-13,15-18,21,24-26,30,33-37,39-51,53-54,56-60H2,1-6H3,(H-,65,67,69,70)/b14-11+,22-19-,23-20+,29-27-,32-31-,38-28+,55-52-. The lowest BCUT2D eigenvalue weighted by Crippen LogP contribution is -2.47. The molecule has 10 heteroatoms. The van der Waals surface area contributed by atoms with E-state index in [9.17, 15) is 19.0 Å². The van der Waals surface area contributed by atoms with Crippen molar-refractivity contribution in [1.82, 2.24) is 5.32 Å². The first-order valence-corrected chi connectivity index (χ1v) is 31.9. The summed E-state index contributed by atoms with van der Waals surface area (Å²) >= 11 is 0. The number of unbranched alkanes of at least 4 members (excludes halogenated alkanes) is 26. The number of quaternary nitrogens is 1. The monoisotopic (exact) mass is 1050 g/mol. The lowest BCUT2D eigenvalue weighted by atomic mass is 10.0. The molecule has 0 saturated heterocycles. The number of amides is 1. The molecule has 1 N–H and O–H groups in total. The summed E-state index contributed by atoms with van der Waals surface area (Å²) in [5.74, 6) is -0.574. The minimum atomic E-state index is -4.71. The zero-order valence-corrected chi connectivity index (χ0v) is 49.7. The summed E-state index contributed by atoms with van der Waals surface area (Å²) in [6.45, 7) is 6.67. The molecule has 0 rings (SSSR count). The third-order valence-corrected chi connectivity index (χ3v) is 14.0. The number of carbonyl (C=O) groups excluding carboxylic acids is 2. The van der Waals surface area contributed by atoms with Gasteiger partial charge >= 0.3 is 5.97 Å². The van der Waals surface area contributed by atoms with Gasteiger partial charge in [-0.25, -0.2) is 0 Å². The highest BCUT2D eigenvalue weighted by atomic mass is 31.2. The number of ether oxygens (including phenoxy) is 1. The minimum Gasteiger partial charge on any atom is -0.756 e. The molecule has 3 unspecified atom stereocenters. The molecule has 0 bridgehead atoms. The Balaban J connectivity index is 5.20. The highest BCUT2D eigenvalue weighted by molar-refractivity contribution is 7.45. The van der Waals surface area contributed by atoms with Crippen molar-refractivity contribution in [2.24, 2.45) is 0 Å². The molecule has 0 heterocycles. The molecule has 0 aliphatic carbocycles. The van der Waals surface area contributed by atoms with E-state index >= 15 is 0 Å². The fraction of sp³-hybridized carbons (Fsp3) is 0.750. The Kier molecular flexibility index (Phi) is 51.5. The summed E-state index contributed by atoms with van der Waals surface area (Å²) in [5, 5.41) is 3.01. The van der Waals surface area contributed by atoms with Crippen molar-refractivity contribution in [2.45, 2.75) is 270 Å². The van der Waals surface area contributed by atoms with Gasteiger partial charge in [0.15, 0.2) is 0 Å². The van der Waals surface area contributed by atoms with Crippen LogP contribution in [0, 0.1) is 0 Å². The number of carbonyl (C=O) groups is 2. The number of phosphoric acid groups is 1. The second-order valence-electron chi connectivity index (χ2n) is 21.5. The molecule has 3 atom stereocenters. The Morgan fingerprint density at radius 3 is 1.32 bits per heavy atom. The van der Waals surface area contributed by atoms with Crippen LogP contribution in [0.3, 0.4) is 0 Å². The highest BCUT2D eigenvalue weighted by Gasteiger charge is 2.27. The summed E-state index contributed by atoms with van der Waals surface area (Å²) < 4.78 is 30.2. The van der Waals surface area contributed by atoms with Gasteiger partial charge in [0.05, 0.1) is 33.8 Å². The molecule has 0 aromatic carbocycles. The zero-order chi connectivity index (χ0) is 54.3. The number of rotatable bonds is 54. The minimum absolute atomic E-state index is 0.0308. The summed E-state index contributed by atoms with van der Waals surface area (Å²) in [5.41, 5.74) is 0. The van der Waals surface area contributed by atoms with Crippen LogP contribution >= 0.6 is 7.82 Å². The predicted molar refractivity (Wildman–Crippen MR) is 316 cm³/mol. The molecule has 9 nitrogen and oxygen atoms in total. The maximum absolute atomic E-state index is 13.5. The normalized spacial score (nSPS) is 14.3. The Morgan fingerprint density at radius 1 is 0.486 bits per heavy atom. The van der Waals surface area contributed by atoms with E-state index < -0.39 is 26.6 Å². The van der Waals surface area contributed by atoms with Crippen molar-refractivity contribution in [3.8, 4) is 0 Å². The third-order valence-electron chi connectivity index (χ3n) is 13.1. The van der Waals surface area contributed by atoms with Crippen LogP contribution in [-0.2, 0) is 27.9 Å². The van der Waals surface area contributed by atoms with Gasteiger partial charge in [0.25, 0.3) is 7.82 Å². The average Bonchev–Trinajstić information content (AvgIpc) is 3.36. The van der Waals surface area contributed by atoms with Crippen molar-refractivity contribution in [1.29, 1.82) is 0 Å². The van der Waals surface area contributed by atoms with Gasteiger partial charge in [-0.15, -0.1) is 0 Å². The van der Waals surface area contributed by atoms with E-state index in [-0.39, 0.29) is 31.3 Å². The molecule has 428 valence electrons. The smallest absolute Gasteiger partial charge is 0.306 e. The second-order valence-corrected chi connectivity index (χ2v) is 22.9. The molecule has 0 aliphatic heterocycles. The van der Waals surface area contributed by atoms with Crippen LogP contribution in [0.15, 0.2) is 85.1 Å². The quantitative estimate of drug-likeness (QED) is 0.0212. The van der Waals surface area contributed by atoms with Crippen molar-refractivity contribution >= 4 is 19.7 Å². The number of allylic oxidation sites excluding steroid dienone is 13. The molecule has 0 aromatic rings. The van der Waals surface area contributed by atoms with E-state index in [1.807, 2.05) is 33.3 Å². The van der Waals surface area contributed by atoms with Gasteiger partial charge in [0.2, 0.25) is 5.91 Å². The number of esters is 1. The van der Waals surface area contributed by atoms with Gasteiger partial charge in [0.1, 0.15) is 19.3 Å². The molecular weight excluding hydrogens is 940 g/mol. The molecule has 0 spiro atoms. The van der Waals surface area contributed by atoms with Gasteiger partial charge in [0, 0.05) is 12.8 Å². The number of phosphoric ester groups is 1. The number of hydrogen-bond donors (Lipinski definition) is 1. The number of nitrogens with one attached hydrogen (secondary N) is 1. The van der Waals surface area contributed by atoms with E-state index in [0.717, 1.165) is 109 Å². The largest absolute Gasteiger partial charge is 0.756 e. The lowest BCUT2D eigenvalue weighted by Gasteiger charge is -2.30. The summed E-state index contributed by atoms with van der Waals surface area (Å²) in [6.07, 6.45) is 69.8. The first kappa shape index (κ1) is 71.2. The molecule has 74 heavy (non-hydrogen) atoms. The lowest BCUT2D eigenvalue weighted by molar-refractivity contribution is -0.870. The predicted octanol–water partition coefficient (Wildman–Crippen LogP) is 18.0. The van der Waals surface area contributed by atoms with E-state index in [1.165, 1.54) is 109 Å². The van der Waals surface area contributed by atoms with Crippen LogP contribution in [0.2, 0.25) is 0 Å². The van der Waals surface area contributed by atoms with Crippen molar-refractivity contribution in [3.05, 3.63) is 85.1 Å². The molecule has 0 aromatic heterocycles. The fourth-order valence-electron chi connectivity index (χ4n) is 8.37. The van der Waals surface area contributed by atoms with Crippen LogP contribution in [0.1, 0.15) is 258 Å². The van der Waals surface area contributed by atoms with Crippen LogP contribution in [0.5, 0.6) is 0 Å². The first-order valence-electron chi connectivity index (χ1n) is 30.4. The summed E-state index contributed by atoms with van der Waals surface area (Å²) in [6, 6.07) is -0.904. The molecular formula is C64H115N2O7P. The van der Waals surface area contributed by atoms with Crippen LogP contribution in [-0.4, -0.2) is 69.4 Å². The third kappa shape index (κ3) is 54.0.